The molecule has 0 bridgehead atoms. The van der Waals surface area contributed by atoms with Gasteiger partial charge in [0.1, 0.15) is 5.82 Å². The summed E-state index contributed by atoms with van der Waals surface area (Å²) in [4.78, 5) is 39.8. The van der Waals surface area contributed by atoms with E-state index in [9.17, 15) is 24.1 Å². The van der Waals surface area contributed by atoms with Crippen molar-refractivity contribution in [1.29, 1.82) is 0 Å². The van der Waals surface area contributed by atoms with Gasteiger partial charge in [-0.15, -0.1) is 0 Å². The maximum atomic E-state index is 13.7. The number of hydrogen-bond acceptors (Lipinski definition) is 6. The first-order valence-electron chi connectivity index (χ1n) is 7.24. The van der Waals surface area contributed by atoms with Crippen LogP contribution in [0.5, 0.6) is 0 Å². The van der Waals surface area contributed by atoms with Gasteiger partial charge >= 0.3 is 5.97 Å². The van der Waals surface area contributed by atoms with Crippen LogP contribution in [0.3, 0.4) is 0 Å². The maximum Gasteiger partial charge on any atom is 0.309 e. The lowest BCUT2D eigenvalue weighted by atomic mass is 10.1. The first-order valence-corrected chi connectivity index (χ1v) is 7.24. The van der Waals surface area contributed by atoms with Gasteiger partial charge in [-0.2, -0.15) is 0 Å². The number of carboxylic acid groups (broad SMARTS) is 1. The molecule has 0 aliphatic heterocycles. The molecule has 0 aliphatic rings. The molecule has 0 saturated carbocycles. The number of aromatic nitrogens is 2. The van der Waals surface area contributed by atoms with Gasteiger partial charge in [-0.25, -0.2) is 9.37 Å². The molecule has 0 fully saturated rings. The van der Waals surface area contributed by atoms with Gasteiger partial charge in [-0.3, -0.25) is 19.7 Å². The van der Waals surface area contributed by atoms with E-state index >= 15 is 0 Å². The lowest BCUT2D eigenvalue weighted by Gasteiger charge is -2.12. The number of nitro groups is 1. The van der Waals surface area contributed by atoms with Gasteiger partial charge in [-0.05, 0) is 19.9 Å². The van der Waals surface area contributed by atoms with Crippen molar-refractivity contribution >= 4 is 17.5 Å². The summed E-state index contributed by atoms with van der Waals surface area (Å²) in [5.41, 5.74) is -1.34. The molecular weight excluding hydrogens is 335 g/mol. The Hall–Kier alpha value is -3.30. The van der Waals surface area contributed by atoms with Gasteiger partial charge in [0.2, 0.25) is 0 Å². The minimum absolute atomic E-state index is 0.0383. The highest BCUT2D eigenvalue weighted by atomic mass is 19.1. The van der Waals surface area contributed by atoms with Gasteiger partial charge in [0, 0.05) is 17.7 Å². The van der Waals surface area contributed by atoms with Crippen molar-refractivity contribution in [3.63, 3.8) is 0 Å². The van der Waals surface area contributed by atoms with Crippen LogP contribution in [0.2, 0.25) is 0 Å². The van der Waals surface area contributed by atoms with E-state index < -0.39 is 34.4 Å². The third-order valence-corrected chi connectivity index (χ3v) is 3.12. The zero-order chi connectivity index (χ0) is 18.7. The van der Waals surface area contributed by atoms with Crippen molar-refractivity contribution in [3.05, 3.63) is 50.2 Å². The predicted molar refractivity (Wildman–Crippen MR) is 87.0 cm³/mol. The largest absolute Gasteiger partial charge is 0.481 e. The van der Waals surface area contributed by atoms with Crippen molar-refractivity contribution in [1.82, 2.24) is 9.97 Å². The molecule has 0 atom stereocenters. The van der Waals surface area contributed by atoms with Crippen LogP contribution in [-0.2, 0) is 11.2 Å². The predicted octanol–water partition coefficient (Wildman–Crippen LogP) is 1.93. The topological polar surface area (TPSA) is 138 Å². The van der Waals surface area contributed by atoms with Crippen molar-refractivity contribution in [2.75, 3.05) is 5.32 Å². The third kappa shape index (κ3) is 4.37. The molecule has 25 heavy (non-hydrogen) atoms. The van der Waals surface area contributed by atoms with Gasteiger partial charge in [-0.1, -0.05) is 0 Å². The molecule has 3 N–H and O–H groups in total. The molecule has 1 heterocycles. The van der Waals surface area contributed by atoms with E-state index in [4.69, 9.17) is 5.11 Å². The summed E-state index contributed by atoms with van der Waals surface area (Å²) in [6, 6.07) is 2.59. The fraction of sp³-hybridized carbons (Fsp3) is 0.267. The Morgan fingerprint density at radius 1 is 1.44 bits per heavy atom. The summed E-state index contributed by atoms with van der Waals surface area (Å²) in [5.74, 6) is -2.20. The molecular formula is C15H15FN4O5. The zero-order valence-corrected chi connectivity index (χ0v) is 13.4. The Bertz CT molecular complexity index is 894. The number of nitrogens with zero attached hydrogens (tertiary/aromatic N) is 2. The van der Waals surface area contributed by atoms with Crippen molar-refractivity contribution in [2.24, 2.45) is 0 Å². The molecule has 132 valence electrons. The number of H-pyrrole nitrogens is 1. The summed E-state index contributed by atoms with van der Waals surface area (Å²) in [5, 5.41) is 22.7. The summed E-state index contributed by atoms with van der Waals surface area (Å²) in [7, 11) is 0. The second kappa shape index (κ2) is 7.07. The number of hydrogen-bond donors (Lipinski definition) is 3. The Morgan fingerprint density at radius 3 is 2.68 bits per heavy atom. The summed E-state index contributed by atoms with van der Waals surface area (Å²) >= 11 is 0. The fourth-order valence-electron chi connectivity index (χ4n) is 2.19. The van der Waals surface area contributed by atoms with Crippen LogP contribution in [-0.4, -0.2) is 32.0 Å². The molecule has 0 saturated heterocycles. The van der Waals surface area contributed by atoms with Crippen LogP contribution in [0.4, 0.5) is 15.9 Å². The summed E-state index contributed by atoms with van der Waals surface area (Å²) in [6.07, 6.45) is -0.552. The third-order valence-electron chi connectivity index (χ3n) is 3.12. The molecule has 2 aromatic rings. The first-order chi connectivity index (χ1) is 11.7. The molecule has 10 heteroatoms. The number of carbonyl (C=O) groups is 1. The van der Waals surface area contributed by atoms with Gasteiger partial charge in [0.15, 0.2) is 5.82 Å². The number of anilines is 1. The van der Waals surface area contributed by atoms with E-state index in [0.29, 0.717) is 0 Å². The second-order valence-corrected chi connectivity index (χ2v) is 5.56. The van der Waals surface area contributed by atoms with E-state index in [2.05, 4.69) is 15.3 Å². The van der Waals surface area contributed by atoms with E-state index in [1.54, 1.807) is 13.8 Å². The van der Waals surface area contributed by atoms with Crippen molar-refractivity contribution in [3.8, 4) is 11.3 Å². The second-order valence-electron chi connectivity index (χ2n) is 5.56. The van der Waals surface area contributed by atoms with E-state index in [-0.39, 0.29) is 28.8 Å². The molecule has 1 aromatic heterocycles. The number of halogens is 1. The minimum Gasteiger partial charge on any atom is -0.481 e. The Balaban J connectivity index is 2.67. The molecule has 0 amide bonds. The quantitative estimate of drug-likeness (QED) is 0.534. The number of aliphatic carboxylic acids is 1. The van der Waals surface area contributed by atoms with E-state index in [1.807, 2.05) is 0 Å². The van der Waals surface area contributed by atoms with Crippen LogP contribution in [0.25, 0.3) is 11.3 Å². The number of nitro benzene ring substituents is 1. The highest BCUT2D eigenvalue weighted by Crippen LogP contribution is 2.26. The summed E-state index contributed by atoms with van der Waals surface area (Å²) < 4.78 is 13.7. The number of carboxylic acids is 1. The number of aromatic amines is 1. The van der Waals surface area contributed by atoms with Crippen LogP contribution in [0.15, 0.2) is 23.0 Å². The Kier molecular flexibility index (Phi) is 5.11. The van der Waals surface area contributed by atoms with Crippen LogP contribution >= 0.6 is 0 Å². The first kappa shape index (κ1) is 18.0. The molecule has 0 unspecified atom stereocenters. The fourth-order valence-corrected chi connectivity index (χ4v) is 2.19. The van der Waals surface area contributed by atoms with Crippen LogP contribution < -0.4 is 10.9 Å². The van der Waals surface area contributed by atoms with Crippen molar-refractivity contribution in [2.45, 2.75) is 26.3 Å². The maximum absolute atomic E-state index is 13.7. The van der Waals surface area contributed by atoms with E-state index in [0.717, 1.165) is 18.2 Å². The lowest BCUT2D eigenvalue weighted by molar-refractivity contribution is -0.385. The smallest absolute Gasteiger partial charge is 0.309 e. The highest BCUT2D eigenvalue weighted by Gasteiger charge is 2.19. The number of benzene rings is 1. The molecule has 2 rings (SSSR count). The monoisotopic (exact) mass is 350 g/mol. The molecule has 9 nitrogen and oxygen atoms in total. The number of non-ortho nitro benzene ring substituents is 1. The number of rotatable bonds is 6. The summed E-state index contributed by atoms with van der Waals surface area (Å²) in [6.45, 7) is 3.53. The SMILES string of the molecule is CC(C)Nc1nc(CC(=O)O)c(-c2cc(F)cc([N+](=O)[O-])c2)[nH]c1=O. The average Bonchev–Trinajstić information content (AvgIpc) is 2.48. The van der Waals surface area contributed by atoms with Gasteiger partial charge in [0.05, 0.1) is 28.8 Å². The average molecular weight is 350 g/mol. The highest BCUT2D eigenvalue weighted by molar-refractivity contribution is 5.75. The number of nitrogens with one attached hydrogen (secondary N) is 2. The molecule has 0 spiro atoms. The van der Waals surface area contributed by atoms with Crippen LogP contribution in [0.1, 0.15) is 19.5 Å². The Labute approximate surface area is 140 Å². The minimum atomic E-state index is -1.22. The standard InChI is InChI=1S/C15H15FN4O5/c1-7(2)17-14-15(23)19-13(11(18-14)6-12(21)22)8-3-9(16)5-10(4-8)20(24)25/h3-5,7H,6H2,1-2H3,(H,17,18)(H,19,23)(H,21,22). The Morgan fingerprint density at radius 2 is 2.12 bits per heavy atom. The van der Waals surface area contributed by atoms with Crippen LogP contribution in [0, 0.1) is 15.9 Å². The van der Waals surface area contributed by atoms with Crippen molar-refractivity contribution < 1.29 is 19.2 Å². The van der Waals surface area contributed by atoms with E-state index in [1.165, 1.54) is 0 Å². The lowest BCUT2D eigenvalue weighted by Crippen LogP contribution is -2.23. The molecule has 1 aromatic carbocycles. The molecule has 0 radical (unpaired) electrons. The zero-order valence-electron chi connectivity index (χ0n) is 13.4. The normalized spacial score (nSPS) is 10.7. The van der Waals surface area contributed by atoms with Gasteiger partial charge in [0.25, 0.3) is 11.2 Å². The molecule has 0 aliphatic carbocycles. The van der Waals surface area contributed by atoms with Gasteiger partial charge < -0.3 is 15.4 Å².